The number of nitrogens with one attached hydrogen (secondary N) is 2. The molecule has 2 unspecified atom stereocenters. The van der Waals surface area contributed by atoms with Gasteiger partial charge in [-0.1, -0.05) is 12.1 Å². The Kier molecular flexibility index (Phi) is 11.0. The highest BCUT2D eigenvalue weighted by molar-refractivity contribution is 5.85. The maximum atomic E-state index is 10.6. The van der Waals surface area contributed by atoms with Crippen molar-refractivity contribution in [3.05, 3.63) is 29.8 Å². The zero-order valence-corrected chi connectivity index (χ0v) is 17.2. The monoisotopic (exact) mass is 419 g/mol. The Balaban J connectivity index is 0.00000182. The SMILES string of the molecule is Cl.Cl.O=C(O)COc1ccc(C2CNCCC2CCN2CCNCC2)cc1. The molecule has 0 aromatic heterocycles. The third-order valence-corrected chi connectivity index (χ3v) is 5.32. The minimum Gasteiger partial charge on any atom is -0.482 e. The fraction of sp³-hybridized carbons (Fsp3) is 0.632. The second-order valence-electron chi connectivity index (χ2n) is 6.99. The smallest absolute Gasteiger partial charge is 0.341 e. The maximum absolute atomic E-state index is 10.6. The Bertz CT molecular complexity index is 554. The summed E-state index contributed by atoms with van der Waals surface area (Å²) in [6, 6.07) is 7.96. The number of hydrogen-bond donors (Lipinski definition) is 3. The van der Waals surface area contributed by atoms with Crippen molar-refractivity contribution in [2.75, 3.05) is 52.4 Å². The summed E-state index contributed by atoms with van der Waals surface area (Å²) >= 11 is 0. The Morgan fingerprint density at radius 1 is 1.11 bits per heavy atom. The van der Waals surface area contributed by atoms with Gasteiger partial charge in [-0.25, -0.2) is 4.79 Å². The molecule has 3 N–H and O–H groups in total. The number of halogens is 2. The second-order valence-corrected chi connectivity index (χ2v) is 6.99. The van der Waals surface area contributed by atoms with E-state index in [2.05, 4.69) is 27.7 Å². The van der Waals surface area contributed by atoms with E-state index in [-0.39, 0.29) is 31.4 Å². The van der Waals surface area contributed by atoms with Crippen molar-refractivity contribution in [1.82, 2.24) is 15.5 Å². The number of hydrogen-bond acceptors (Lipinski definition) is 5. The van der Waals surface area contributed by atoms with Crippen LogP contribution in [-0.2, 0) is 4.79 Å². The molecule has 27 heavy (non-hydrogen) atoms. The van der Waals surface area contributed by atoms with Crippen LogP contribution in [0.3, 0.4) is 0 Å². The Morgan fingerprint density at radius 3 is 2.48 bits per heavy atom. The number of piperazine rings is 1. The lowest BCUT2D eigenvalue weighted by molar-refractivity contribution is -0.139. The standard InChI is InChI=1S/C19H29N3O3.2ClH/c23-19(24)14-25-17-3-1-15(2-4-17)18-13-21-7-5-16(18)6-10-22-11-8-20-9-12-22;;/h1-4,16,18,20-21H,5-14H2,(H,23,24);2*1H. The van der Waals surface area contributed by atoms with Crippen LogP contribution in [0, 0.1) is 5.92 Å². The zero-order chi connectivity index (χ0) is 17.5. The average molecular weight is 420 g/mol. The van der Waals surface area contributed by atoms with Crippen LogP contribution in [0.5, 0.6) is 5.75 Å². The van der Waals surface area contributed by atoms with Gasteiger partial charge in [-0.15, -0.1) is 24.8 Å². The lowest BCUT2D eigenvalue weighted by Crippen LogP contribution is -2.45. The quantitative estimate of drug-likeness (QED) is 0.627. The Hall–Kier alpha value is -1.05. The Labute approximate surface area is 173 Å². The number of carbonyl (C=O) groups is 1. The van der Waals surface area contributed by atoms with Crippen molar-refractivity contribution in [2.24, 2.45) is 5.92 Å². The largest absolute Gasteiger partial charge is 0.482 e. The molecule has 6 nitrogen and oxygen atoms in total. The summed E-state index contributed by atoms with van der Waals surface area (Å²) < 4.78 is 5.24. The Morgan fingerprint density at radius 2 is 1.81 bits per heavy atom. The van der Waals surface area contributed by atoms with Crippen molar-refractivity contribution < 1.29 is 14.6 Å². The van der Waals surface area contributed by atoms with Gasteiger partial charge in [0.25, 0.3) is 0 Å². The molecule has 154 valence electrons. The van der Waals surface area contributed by atoms with Crippen LogP contribution in [0.15, 0.2) is 24.3 Å². The summed E-state index contributed by atoms with van der Waals surface area (Å²) in [7, 11) is 0. The first-order valence-electron chi connectivity index (χ1n) is 9.31. The molecular formula is C19H31Cl2N3O3. The lowest BCUT2D eigenvalue weighted by Gasteiger charge is -2.35. The number of piperidine rings is 1. The molecule has 0 amide bonds. The third-order valence-electron chi connectivity index (χ3n) is 5.32. The van der Waals surface area contributed by atoms with E-state index < -0.39 is 5.97 Å². The molecule has 0 aliphatic carbocycles. The summed E-state index contributed by atoms with van der Waals surface area (Å²) in [6.45, 7) is 7.53. The number of carboxylic acids is 1. The van der Waals surface area contributed by atoms with E-state index >= 15 is 0 Å². The van der Waals surface area contributed by atoms with E-state index in [0.717, 1.165) is 39.3 Å². The molecule has 0 bridgehead atoms. The van der Waals surface area contributed by atoms with Gasteiger partial charge in [-0.3, -0.25) is 0 Å². The molecule has 2 aliphatic rings. The highest BCUT2D eigenvalue weighted by atomic mass is 35.5. The van der Waals surface area contributed by atoms with Crippen LogP contribution in [0.4, 0.5) is 0 Å². The predicted molar refractivity (Wildman–Crippen MR) is 112 cm³/mol. The van der Waals surface area contributed by atoms with Gasteiger partial charge in [0, 0.05) is 32.7 Å². The first-order chi connectivity index (χ1) is 12.2. The van der Waals surface area contributed by atoms with E-state index in [1.165, 1.54) is 24.9 Å². The molecule has 3 rings (SSSR count). The number of rotatable bonds is 7. The summed E-state index contributed by atoms with van der Waals surface area (Å²) in [4.78, 5) is 13.2. The van der Waals surface area contributed by atoms with Crippen molar-refractivity contribution >= 4 is 30.8 Å². The number of ether oxygens (including phenoxy) is 1. The van der Waals surface area contributed by atoms with Gasteiger partial charge in [0.2, 0.25) is 0 Å². The van der Waals surface area contributed by atoms with Gasteiger partial charge in [-0.05, 0) is 55.5 Å². The fourth-order valence-electron chi connectivity index (χ4n) is 3.89. The predicted octanol–water partition coefficient (Wildman–Crippen LogP) is 1.98. The number of aliphatic carboxylic acids is 1. The summed E-state index contributed by atoms with van der Waals surface area (Å²) in [6.07, 6.45) is 2.46. The van der Waals surface area contributed by atoms with Crippen LogP contribution in [0.25, 0.3) is 0 Å². The van der Waals surface area contributed by atoms with Gasteiger partial charge in [0.15, 0.2) is 6.61 Å². The third kappa shape index (κ3) is 7.47. The highest BCUT2D eigenvalue weighted by Crippen LogP contribution is 2.32. The summed E-state index contributed by atoms with van der Waals surface area (Å²) in [5, 5.41) is 15.6. The maximum Gasteiger partial charge on any atom is 0.341 e. The van der Waals surface area contributed by atoms with E-state index in [1.807, 2.05) is 12.1 Å². The van der Waals surface area contributed by atoms with Gasteiger partial charge < -0.3 is 25.4 Å². The molecule has 2 atom stereocenters. The van der Waals surface area contributed by atoms with Crippen LogP contribution in [0.1, 0.15) is 24.3 Å². The van der Waals surface area contributed by atoms with Crippen molar-refractivity contribution in [3.63, 3.8) is 0 Å². The molecular weight excluding hydrogens is 389 g/mol. The van der Waals surface area contributed by atoms with Crippen LogP contribution in [-0.4, -0.2) is 68.4 Å². The number of benzene rings is 1. The minimum absolute atomic E-state index is 0. The molecule has 8 heteroatoms. The molecule has 1 aromatic rings. The van der Waals surface area contributed by atoms with E-state index in [9.17, 15) is 4.79 Å². The fourth-order valence-corrected chi connectivity index (χ4v) is 3.89. The second kappa shape index (κ2) is 12.4. The molecule has 2 saturated heterocycles. The normalized spacial score (nSPS) is 23.0. The first-order valence-corrected chi connectivity index (χ1v) is 9.31. The van der Waals surface area contributed by atoms with Crippen molar-refractivity contribution in [2.45, 2.75) is 18.8 Å². The number of nitrogens with zero attached hydrogens (tertiary/aromatic N) is 1. The molecule has 0 radical (unpaired) electrons. The van der Waals surface area contributed by atoms with Gasteiger partial charge in [0.05, 0.1) is 0 Å². The van der Waals surface area contributed by atoms with E-state index in [4.69, 9.17) is 9.84 Å². The molecule has 0 saturated carbocycles. The van der Waals surface area contributed by atoms with Gasteiger partial charge in [-0.2, -0.15) is 0 Å². The topological polar surface area (TPSA) is 73.8 Å². The molecule has 2 aliphatic heterocycles. The van der Waals surface area contributed by atoms with E-state index in [1.54, 1.807) is 0 Å². The minimum atomic E-state index is -0.950. The van der Waals surface area contributed by atoms with Crippen molar-refractivity contribution in [3.8, 4) is 5.75 Å². The molecule has 2 heterocycles. The lowest BCUT2D eigenvalue weighted by atomic mass is 9.79. The molecule has 1 aromatic carbocycles. The highest BCUT2D eigenvalue weighted by Gasteiger charge is 2.27. The van der Waals surface area contributed by atoms with Crippen molar-refractivity contribution in [1.29, 1.82) is 0 Å². The van der Waals surface area contributed by atoms with Crippen LogP contribution >= 0.6 is 24.8 Å². The van der Waals surface area contributed by atoms with Gasteiger partial charge >= 0.3 is 5.97 Å². The molecule has 0 spiro atoms. The average Bonchev–Trinajstić information content (AvgIpc) is 2.66. The summed E-state index contributed by atoms with van der Waals surface area (Å²) in [5.41, 5.74) is 1.32. The molecule has 2 fully saturated rings. The van der Waals surface area contributed by atoms with Crippen LogP contribution < -0.4 is 15.4 Å². The van der Waals surface area contributed by atoms with E-state index in [0.29, 0.717) is 17.6 Å². The zero-order valence-electron chi connectivity index (χ0n) is 15.6. The van der Waals surface area contributed by atoms with Crippen LogP contribution in [0.2, 0.25) is 0 Å². The first kappa shape index (κ1) is 24.0. The summed E-state index contributed by atoms with van der Waals surface area (Å²) in [5.74, 6) is 0.882. The number of carboxylic acid groups (broad SMARTS) is 1. The van der Waals surface area contributed by atoms with Gasteiger partial charge in [0.1, 0.15) is 5.75 Å².